The molecule has 4 nitrogen and oxygen atoms in total. The zero-order chi connectivity index (χ0) is 17.0. The van der Waals surface area contributed by atoms with Gasteiger partial charge in [0.1, 0.15) is 11.6 Å². The number of hydrogen-bond donors (Lipinski definition) is 1. The molecule has 1 aliphatic rings. The summed E-state index contributed by atoms with van der Waals surface area (Å²) in [4.78, 5) is 9.51. The molecule has 0 radical (unpaired) electrons. The van der Waals surface area contributed by atoms with E-state index in [1.807, 2.05) is 37.3 Å². The number of nitrogens with zero attached hydrogens (tertiary/aromatic N) is 2. The molecule has 4 heteroatoms. The van der Waals surface area contributed by atoms with Crippen molar-refractivity contribution in [3.63, 3.8) is 0 Å². The summed E-state index contributed by atoms with van der Waals surface area (Å²) in [5, 5.41) is 0. The second kappa shape index (κ2) is 6.87. The van der Waals surface area contributed by atoms with E-state index in [9.17, 15) is 0 Å². The van der Waals surface area contributed by atoms with Crippen LogP contribution in [0.2, 0.25) is 0 Å². The summed E-state index contributed by atoms with van der Waals surface area (Å²) in [5.74, 6) is 1.36. The Labute approximate surface area is 143 Å². The van der Waals surface area contributed by atoms with Crippen LogP contribution < -0.4 is 10.5 Å². The highest BCUT2D eigenvalue weighted by atomic mass is 16.5. The normalized spacial score (nSPS) is 19.8. The van der Waals surface area contributed by atoms with Gasteiger partial charge in [0.15, 0.2) is 5.66 Å². The monoisotopic (exact) mass is 321 g/mol. The van der Waals surface area contributed by atoms with Crippen LogP contribution in [0.25, 0.3) is 0 Å². The van der Waals surface area contributed by atoms with Crippen molar-refractivity contribution in [1.29, 1.82) is 0 Å². The highest BCUT2D eigenvalue weighted by molar-refractivity contribution is 6.41. The van der Waals surface area contributed by atoms with Crippen LogP contribution in [0, 0.1) is 0 Å². The average molecular weight is 321 g/mol. The van der Waals surface area contributed by atoms with Crippen molar-refractivity contribution in [2.24, 2.45) is 15.7 Å². The Morgan fingerprint density at radius 1 is 1.00 bits per heavy atom. The lowest BCUT2D eigenvalue weighted by Crippen LogP contribution is -2.21. The minimum Gasteiger partial charge on any atom is -0.497 e. The minimum atomic E-state index is -0.602. The number of amidine groups is 1. The van der Waals surface area contributed by atoms with E-state index in [1.54, 1.807) is 7.11 Å². The molecule has 1 heterocycles. The first kappa shape index (κ1) is 16.2. The lowest BCUT2D eigenvalue weighted by molar-refractivity contribution is 0.409. The van der Waals surface area contributed by atoms with Gasteiger partial charge in [0, 0.05) is 5.56 Å². The van der Waals surface area contributed by atoms with E-state index in [-0.39, 0.29) is 0 Å². The predicted octanol–water partition coefficient (Wildman–Crippen LogP) is 3.70. The molecule has 3 rings (SSSR count). The summed E-state index contributed by atoms with van der Waals surface area (Å²) in [7, 11) is 1.67. The van der Waals surface area contributed by atoms with Crippen molar-refractivity contribution in [2.45, 2.75) is 31.8 Å². The molecule has 2 aromatic rings. The first-order valence-electron chi connectivity index (χ1n) is 8.23. The van der Waals surface area contributed by atoms with Crippen LogP contribution in [-0.4, -0.2) is 18.7 Å². The molecule has 1 aliphatic heterocycles. The summed E-state index contributed by atoms with van der Waals surface area (Å²) in [6, 6.07) is 18.4. The van der Waals surface area contributed by atoms with Gasteiger partial charge in [-0.05, 0) is 43.9 Å². The van der Waals surface area contributed by atoms with Crippen LogP contribution in [0.1, 0.15) is 30.9 Å². The van der Waals surface area contributed by atoms with Gasteiger partial charge in [0.05, 0.1) is 12.8 Å². The van der Waals surface area contributed by atoms with Crippen LogP contribution in [0.4, 0.5) is 0 Å². The van der Waals surface area contributed by atoms with Gasteiger partial charge < -0.3 is 10.5 Å². The quantitative estimate of drug-likeness (QED) is 0.882. The Kier molecular flexibility index (Phi) is 4.65. The number of aryl methyl sites for hydroxylation is 1. The molecular weight excluding hydrogens is 298 g/mol. The van der Waals surface area contributed by atoms with E-state index < -0.39 is 5.66 Å². The predicted molar refractivity (Wildman–Crippen MR) is 98.8 cm³/mol. The van der Waals surface area contributed by atoms with E-state index >= 15 is 0 Å². The molecule has 0 spiro atoms. The van der Waals surface area contributed by atoms with Crippen molar-refractivity contribution in [1.82, 2.24) is 0 Å². The third-order valence-electron chi connectivity index (χ3n) is 4.41. The number of methoxy groups -OCH3 is 1. The molecule has 0 bridgehead atoms. The Morgan fingerprint density at radius 3 is 2.29 bits per heavy atom. The summed E-state index contributed by atoms with van der Waals surface area (Å²) >= 11 is 0. The summed E-state index contributed by atoms with van der Waals surface area (Å²) < 4.78 is 5.25. The fourth-order valence-electron chi connectivity index (χ4n) is 3.07. The maximum atomic E-state index is 6.02. The van der Waals surface area contributed by atoms with Gasteiger partial charge in [-0.15, -0.1) is 0 Å². The number of benzene rings is 2. The lowest BCUT2D eigenvalue weighted by atomic mass is 9.93. The van der Waals surface area contributed by atoms with Crippen molar-refractivity contribution in [3.05, 3.63) is 65.7 Å². The highest BCUT2D eigenvalue weighted by Gasteiger charge is 2.35. The standard InChI is InChI=1S/C20H23N3O/c1-15-19(21)23-20(22-15,17-10-12-18(24-2)13-11-17)14-6-9-16-7-4-3-5-8-16/h3-5,7-8,10-13H,6,9,14H2,1-2H3,(H2,21,23)/t20-/m0/s1. The Balaban J connectivity index is 1.81. The van der Waals surface area contributed by atoms with Crippen LogP contribution in [-0.2, 0) is 12.1 Å². The molecule has 0 saturated carbocycles. The molecule has 124 valence electrons. The van der Waals surface area contributed by atoms with Crippen molar-refractivity contribution in [2.75, 3.05) is 7.11 Å². The first-order valence-corrected chi connectivity index (χ1v) is 8.23. The van der Waals surface area contributed by atoms with Crippen LogP contribution in [0.15, 0.2) is 64.6 Å². The van der Waals surface area contributed by atoms with Gasteiger partial charge in [-0.3, -0.25) is 4.99 Å². The topological polar surface area (TPSA) is 60.0 Å². The molecule has 0 aliphatic carbocycles. The van der Waals surface area contributed by atoms with Gasteiger partial charge in [-0.1, -0.05) is 42.5 Å². The first-order chi connectivity index (χ1) is 11.6. The van der Waals surface area contributed by atoms with Gasteiger partial charge in [-0.2, -0.15) is 0 Å². The molecule has 2 N–H and O–H groups in total. The largest absolute Gasteiger partial charge is 0.497 e. The third-order valence-corrected chi connectivity index (χ3v) is 4.41. The van der Waals surface area contributed by atoms with Crippen molar-refractivity contribution < 1.29 is 4.74 Å². The van der Waals surface area contributed by atoms with Crippen molar-refractivity contribution in [3.8, 4) is 5.75 Å². The van der Waals surface area contributed by atoms with E-state index in [2.05, 4.69) is 24.3 Å². The van der Waals surface area contributed by atoms with Gasteiger partial charge >= 0.3 is 0 Å². The summed E-state index contributed by atoms with van der Waals surface area (Å²) in [5.41, 5.74) is 8.62. The van der Waals surface area contributed by atoms with E-state index in [0.29, 0.717) is 5.84 Å². The van der Waals surface area contributed by atoms with Crippen LogP contribution in [0.5, 0.6) is 5.75 Å². The zero-order valence-corrected chi connectivity index (χ0v) is 14.2. The minimum absolute atomic E-state index is 0.533. The van der Waals surface area contributed by atoms with Crippen LogP contribution in [0.3, 0.4) is 0 Å². The van der Waals surface area contributed by atoms with E-state index in [0.717, 1.165) is 36.3 Å². The zero-order valence-electron chi connectivity index (χ0n) is 14.2. The van der Waals surface area contributed by atoms with E-state index in [4.69, 9.17) is 20.5 Å². The molecular formula is C20H23N3O. The molecule has 1 atom stereocenters. The van der Waals surface area contributed by atoms with Gasteiger partial charge in [0.2, 0.25) is 0 Å². The molecule has 0 unspecified atom stereocenters. The number of nitrogens with two attached hydrogens (primary N) is 1. The fourth-order valence-corrected chi connectivity index (χ4v) is 3.07. The fraction of sp³-hybridized carbons (Fsp3) is 0.300. The summed E-state index contributed by atoms with van der Waals surface area (Å²) in [6.45, 7) is 1.92. The maximum absolute atomic E-state index is 6.02. The SMILES string of the molecule is COc1ccc([C@@]2(CCCc3ccccc3)N=C(C)C(N)=N2)cc1. The highest BCUT2D eigenvalue weighted by Crippen LogP contribution is 2.37. The molecule has 24 heavy (non-hydrogen) atoms. The summed E-state index contributed by atoms with van der Waals surface area (Å²) in [6.07, 6.45) is 2.82. The van der Waals surface area contributed by atoms with Gasteiger partial charge in [-0.25, -0.2) is 4.99 Å². The molecule has 2 aromatic carbocycles. The number of rotatable bonds is 6. The lowest BCUT2D eigenvalue weighted by Gasteiger charge is -2.24. The molecule has 0 amide bonds. The Hall–Kier alpha value is -2.62. The Bertz CT molecular complexity index is 730. The second-order valence-electron chi connectivity index (χ2n) is 6.08. The number of aliphatic imine (C=N–C) groups is 2. The van der Waals surface area contributed by atoms with E-state index in [1.165, 1.54) is 5.56 Å². The third kappa shape index (κ3) is 3.32. The number of hydrogen-bond acceptors (Lipinski definition) is 4. The van der Waals surface area contributed by atoms with Gasteiger partial charge in [0.25, 0.3) is 0 Å². The Morgan fingerprint density at radius 2 is 1.71 bits per heavy atom. The number of ether oxygens (including phenoxy) is 1. The average Bonchev–Trinajstić information content (AvgIpc) is 2.91. The smallest absolute Gasteiger partial charge is 0.178 e. The molecule has 0 saturated heterocycles. The molecule has 0 aromatic heterocycles. The molecule has 0 fully saturated rings. The second-order valence-corrected chi connectivity index (χ2v) is 6.08. The van der Waals surface area contributed by atoms with Crippen LogP contribution >= 0.6 is 0 Å². The van der Waals surface area contributed by atoms with Crippen molar-refractivity contribution >= 4 is 11.5 Å². The maximum Gasteiger partial charge on any atom is 0.178 e.